The highest BCUT2D eigenvalue weighted by Gasteiger charge is 2.12. The minimum atomic E-state index is -0.305. The fourth-order valence-electron chi connectivity index (χ4n) is 1.54. The van der Waals surface area contributed by atoms with Crippen molar-refractivity contribution >= 4 is 22.6 Å². The summed E-state index contributed by atoms with van der Waals surface area (Å²) in [6.45, 7) is 1.78. The van der Waals surface area contributed by atoms with Crippen LogP contribution < -0.4 is 11.1 Å². The SMILES string of the molecule is Cc1nsc(NC(=O)CC(N)c2ccccc2)n1. The van der Waals surface area contributed by atoms with Gasteiger partial charge in [-0.05, 0) is 12.5 Å². The monoisotopic (exact) mass is 262 g/mol. The maximum atomic E-state index is 11.8. The highest BCUT2D eigenvalue weighted by atomic mass is 32.1. The molecule has 1 amide bonds. The summed E-state index contributed by atoms with van der Waals surface area (Å²) < 4.78 is 3.99. The van der Waals surface area contributed by atoms with Gasteiger partial charge in [-0.15, -0.1) is 0 Å². The molecule has 3 N–H and O–H groups in total. The largest absolute Gasteiger partial charge is 0.324 e. The van der Waals surface area contributed by atoms with Crippen LogP contribution in [0, 0.1) is 6.92 Å². The van der Waals surface area contributed by atoms with Gasteiger partial charge in [0.25, 0.3) is 0 Å². The van der Waals surface area contributed by atoms with Crippen molar-refractivity contribution in [2.75, 3.05) is 5.32 Å². The molecule has 94 valence electrons. The van der Waals surface area contributed by atoms with Crippen molar-refractivity contribution < 1.29 is 4.79 Å². The number of hydrogen-bond acceptors (Lipinski definition) is 5. The van der Waals surface area contributed by atoms with Crippen LogP contribution in [-0.2, 0) is 4.79 Å². The number of carbonyl (C=O) groups excluding carboxylic acids is 1. The third kappa shape index (κ3) is 3.35. The van der Waals surface area contributed by atoms with Gasteiger partial charge in [-0.1, -0.05) is 30.3 Å². The van der Waals surface area contributed by atoms with E-state index in [0.29, 0.717) is 11.0 Å². The Balaban J connectivity index is 1.92. The number of hydrogen-bond donors (Lipinski definition) is 2. The summed E-state index contributed by atoms with van der Waals surface area (Å²) in [5, 5.41) is 3.20. The van der Waals surface area contributed by atoms with Gasteiger partial charge in [0.1, 0.15) is 5.82 Å². The first-order valence-electron chi connectivity index (χ1n) is 5.56. The number of carbonyl (C=O) groups is 1. The zero-order valence-corrected chi connectivity index (χ0v) is 10.8. The minimum Gasteiger partial charge on any atom is -0.324 e. The molecule has 1 atom stereocenters. The molecule has 0 fully saturated rings. The second-order valence-electron chi connectivity index (χ2n) is 3.92. The molecule has 6 heteroatoms. The molecular weight excluding hydrogens is 248 g/mol. The number of anilines is 1. The molecule has 0 bridgehead atoms. The Kier molecular flexibility index (Phi) is 4.01. The topological polar surface area (TPSA) is 80.9 Å². The number of aryl methyl sites for hydroxylation is 1. The van der Waals surface area contributed by atoms with Crippen LogP contribution in [0.5, 0.6) is 0 Å². The average molecular weight is 262 g/mol. The Morgan fingerprint density at radius 2 is 2.17 bits per heavy atom. The number of nitrogens with one attached hydrogen (secondary N) is 1. The van der Waals surface area contributed by atoms with Gasteiger partial charge in [0.05, 0.1) is 0 Å². The minimum absolute atomic E-state index is 0.150. The van der Waals surface area contributed by atoms with Gasteiger partial charge in [-0.2, -0.15) is 4.37 Å². The lowest BCUT2D eigenvalue weighted by atomic mass is 10.0. The molecular formula is C12H14N4OS. The summed E-state index contributed by atoms with van der Waals surface area (Å²) in [7, 11) is 0. The van der Waals surface area contributed by atoms with E-state index >= 15 is 0 Å². The maximum absolute atomic E-state index is 11.8. The molecule has 1 heterocycles. The molecule has 1 unspecified atom stereocenters. The maximum Gasteiger partial charge on any atom is 0.228 e. The van der Waals surface area contributed by atoms with Gasteiger partial charge in [0, 0.05) is 24.0 Å². The second kappa shape index (κ2) is 5.70. The lowest BCUT2D eigenvalue weighted by Crippen LogP contribution is -2.20. The lowest BCUT2D eigenvalue weighted by Gasteiger charge is -2.10. The number of nitrogens with two attached hydrogens (primary N) is 1. The van der Waals surface area contributed by atoms with Gasteiger partial charge in [-0.25, -0.2) is 4.98 Å². The Bertz CT molecular complexity index is 526. The predicted molar refractivity (Wildman–Crippen MR) is 71.3 cm³/mol. The van der Waals surface area contributed by atoms with Gasteiger partial charge in [-0.3, -0.25) is 4.79 Å². The standard InChI is InChI=1S/C12H14N4OS/c1-8-14-12(18-16-8)15-11(17)7-10(13)9-5-3-2-4-6-9/h2-6,10H,7,13H2,1H3,(H,14,15,16,17). The van der Waals surface area contributed by atoms with Crippen molar-refractivity contribution in [2.24, 2.45) is 5.73 Å². The van der Waals surface area contributed by atoms with Crippen LogP contribution in [-0.4, -0.2) is 15.3 Å². The molecule has 0 aliphatic heterocycles. The molecule has 0 radical (unpaired) electrons. The number of nitrogens with zero attached hydrogens (tertiary/aromatic N) is 2. The first kappa shape index (κ1) is 12.7. The molecule has 2 rings (SSSR count). The predicted octanol–water partition coefficient (Wildman–Crippen LogP) is 1.88. The van der Waals surface area contributed by atoms with E-state index < -0.39 is 0 Å². The van der Waals surface area contributed by atoms with Crippen molar-refractivity contribution in [3.05, 3.63) is 41.7 Å². The Morgan fingerprint density at radius 3 is 2.78 bits per heavy atom. The van der Waals surface area contributed by atoms with Crippen LogP contribution in [0.15, 0.2) is 30.3 Å². The summed E-state index contributed by atoms with van der Waals surface area (Å²) in [6.07, 6.45) is 0.225. The Morgan fingerprint density at radius 1 is 1.44 bits per heavy atom. The summed E-state index contributed by atoms with van der Waals surface area (Å²) >= 11 is 1.17. The van der Waals surface area contributed by atoms with Crippen LogP contribution >= 0.6 is 11.5 Å². The third-order valence-electron chi connectivity index (χ3n) is 2.41. The molecule has 5 nitrogen and oxygen atoms in total. The van der Waals surface area contributed by atoms with E-state index in [-0.39, 0.29) is 18.4 Å². The number of amides is 1. The quantitative estimate of drug-likeness (QED) is 0.881. The first-order chi connectivity index (χ1) is 8.65. The van der Waals surface area contributed by atoms with Crippen LogP contribution in [0.1, 0.15) is 23.9 Å². The van der Waals surface area contributed by atoms with Crippen molar-refractivity contribution in [3.63, 3.8) is 0 Å². The highest BCUT2D eigenvalue weighted by molar-refractivity contribution is 7.09. The number of aromatic nitrogens is 2. The van der Waals surface area contributed by atoms with E-state index in [0.717, 1.165) is 5.56 Å². The molecule has 0 aliphatic rings. The zero-order valence-electron chi connectivity index (χ0n) is 9.96. The number of rotatable bonds is 4. The van der Waals surface area contributed by atoms with Gasteiger partial charge < -0.3 is 11.1 Å². The summed E-state index contributed by atoms with van der Waals surface area (Å²) in [5.41, 5.74) is 6.91. The van der Waals surface area contributed by atoms with Crippen molar-refractivity contribution in [3.8, 4) is 0 Å². The van der Waals surface area contributed by atoms with E-state index in [1.54, 1.807) is 6.92 Å². The first-order valence-corrected chi connectivity index (χ1v) is 6.33. The average Bonchev–Trinajstić information content (AvgIpc) is 2.75. The normalized spacial score (nSPS) is 12.1. The van der Waals surface area contributed by atoms with Gasteiger partial charge in [0.15, 0.2) is 0 Å². The fraction of sp³-hybridized carbons (Fsp3) is 0.250. The summed E-state index contributed by atoms with van der Waals surface area (Å²) in [5.74, 6) is 0.505. The van der Waals surface area contributed by atoms with E-state index in [9.17, 15) is 4.79 Å². The Labute approximate surface area is 109 Å². The molecule has 2 aromatic rings. The smallest absolute Gasteiger partial charge is 0.228 e. The zero-order chi connectivity index (χ0) is 13.0. The third-order valence-corrected chi connectivity index (χ3v) is 3.13. The Hall–Kier alpha value is -1.79. The summed E-state index contributed by atoms with van der Waals surface area (Å²) in [4.78, 5) is 15.8. The molecule has 0 saturated carbocycles. The van der Waals surface area contributed by atoms with Crippen molar-refractivity contribution in [1.29, 1.82) is 0 Å². The molecule has 0 aliphatic carbocycles. The van der Waals surface area contributed by atoms with E-state index in [1.807, 2.05) is 30.3 Å². The fourth-order valence-corrected chi connectivity index (χ4v) is 2.13. The van der Waals surface area contributed by atoms with Gasteiger partial charge in [0.2, 0.25) is 11.0 Å². The lowest BCUT2D eigenvalue weighted by molar-refractivity contribution is -0.116. The van der Waals surface area contributed by atoms with Crippen molar-refractivity contribution in [2.45, 2.75) is 19.4 Å². The van der Waals surface area contributed by atoms with Crippen molar-refractivity contribution in [1.82, 2.24) is 9.36 Å². The molecule has 1 aromatic carbocycles. The van der Waals surface area contributed by atoms with E-state index in [2.05, 4.69) is 14.7 Å². The second-order valence-corrected chi connectivity index (χ2v) is 4.67. The molecule has 1 aromatic heterocycles. The molecule has 18 heavy (non-hydrogen) atoms. The van der Waals surface area contributed by atoms with Crippen LogP contribution in [0.2, 0.25) is 0 Å². The van der Waals surface area contributed by atoms with E-state index in [4.69, 9.17) is 5.73 Å². The number of benzene rings is 1. The van der Waals surface area contributed by atoms with Crippen LogP contribution in [0.25, 0.3) is 0 Å². The van der Waals surface area contributed by atoms with Crippen LogP contribution in [0.4, 0.5) is 5.13 Å². The molecule has 0 spiro atoms. The highest BCUT2D eigenvalue weighted by Crippen LogP contribution is 2.15. The molecule has 0 saturated heterocycles. The van der Waals surface area contributed by atoms with Gasteiger partial charge >= 0.3 is 0 Å². The van der Waals surface area contributed by atoms with Crippen LogP contribution in [0.3, 0.4) is 0 Å². The van der Waals surface area contributed by atoms with E-state index in [1.165, 1.54) is 11.5 Å². The summed E-state index contributed by atoms with van der Waals surface area (Å²) in [6, 6.07) is 9.24.